The van der Waals surface area contributed by atoms with E-state index in [2.05, 4.69) is 6.58 Å². The summed E-state index contributed by atoms with van der Waals surface area (Å²) in [5.74, 6) is 0.175. The predicted octanol–water partition coefficient (Wildman–Crippen LogP) is 3.31. The van der Waals surface area contributed by atoms with E-state index in [1.54, 1.807) is 13.2 Å². The summed E-state index contributed by atoms with van der Waals surface area (Å²) in [7, 11) is 1.64. The molecule has 140 valence electrons. The maximum Gasteiger partial charge on any atom is 0.163 e. The van der Waals surface area contributed by atoms with Crippen molar-refractivity contribution in [2.24, 2.45) is 5.92 Å². The van der Waals surface area contributed by atoms with Crippen LogP contribution >= 0.6 is 0 Å². The molecule has 0 spiro atoms. The first-order chi connectivity index (χ1) is 11.8. The molecule has 1 aromatic rings. The average molecular weight is 350 g/mol. The molecule has 4 atom stereocenters. The molecule has 5 nitrogen and oxygen atoms in total. The van der Waals surface area contributed by atoms with Gasteiger partial charge >= 0.3 is 0 Å². The highest BCUT2D eigenvalue weighted by Crippen LogP contribution is 2.28. The lowest BCUT2D eigenvalue weighted by Crippen LogP contribution is -2.37. The van der Waals surface area contributed by atoms with Gasteiger partial charge in [0, 0.05) is 6.42 Å². The van der Waals surface area contributed by atoms with Gasteiger partial charge in [-0.3, -0.25) is 0 Å². The van der Waals surface area contributed by atoms with E-state index in [-0.39, 0.29) is 18.1 Å². The zero-order chi connectivity index (χ0) is 18.4. The Morgan fingerprint density at radius 1 is 1.36 bits per heavy atom. The normalized spacial score (nSPS) is 23.0. The molecule has 5 heteroatoms. The fraction of sp³-hybridized carbons (Fsp3) is 0.600. The highest BCUT2D eigenvalue weighted by molar-refractivity contribution is 5.26. The van der Waals surface area contributed by atoms with Crippen LogP contribution < -0.4 is 4.74 Å². The Bertz CT molecular complexity index is 540. The number of ether oxygens (including phenoxy) is 4. The lowest BCUT2D eigenvalue weighted by Gasteiger charge is -2.28. The van der Waals surface area contributed by atoms with Crippen LogP contribution in [0, 0.1) is 5.92 Å². The highest BCUT2D eigenvalue weighted by atomic mass is 16.7. The number of hydrogen-bond acceptors (Lipinski definition) is 5. The molecule has 1 aromatic carbocycles. The Morgan fingerprint density at radius 2 is 2.04 bits per heavy atom. The Morgan fingerprint density at radius 3 is 2.56 bits per heavy atom. The lowest BCUT2D eigenvalue weighted by atomic mass is 9.97. The van der Waals surface area contributed by atoms with Crippen LogP contribution in [0.4, 0.5) is 0 Å². The topological polar surface area (TPSA) is 57.2 Å². The molecule has 25 heavy (non-hydrogen) atoms. The fourth-order valence-corrected chi connectivity index (χ4v) is 2.76. The summed E-state index contributed by atoms with van der Waals surface area (Å²) in [5, 5.41) is 10.4. The SMILES string of the molecule is C=C[C@H](C)[C@H](O)C[C@H](OCc1ccc(OC)cc1)[C@H]1COC(C)(C)O1. The smallest absolute Gasteiger partial charge is 0.163 e. The number of benzene rings is 1. The first-order valence-electron chi connectivity index (χ1n) is 8.71. The zero-order valence-electron chi connectivity index (χ0n) is 15.6. The number of aliphatic hydroxyl groups excluding tert-OH is 1. The minimum absolute atomic E-state index is 0.0116. The van der Waals surface area contributed by atoms with E-state index in [9.17, 15) is 5.11 Å². The second kappa shape index (κ2) is 8.81. The minimum Gasteiger partial charge on any atom is -0.497 e. The number of hydrogen-bond donors (Lipinski definition) is 1. The van der Waals surface area contributed by atoms with Crippen LogP contribution in [-0.2, 0) is 20.8 Å². The van der Waals surface area contributed by atoms with E-state index in [4.69, 9.17) is 18.9 Å². The summed E-state index contributed by atoms with van der Waals surface area (Å²) in [6, 6.07) is 7.74. The van der Waals surface area contributed by atoms with Gasteiger partial charge < -0.3 is 24.1 Å². The van der Waals surface area contributed by atoms with Crippen molar-refractivity contribution in [3.05, 3.63) is 42.5 Å². The number of aliphatic hydroxyl groups is 1. The van der Waals surface area contributed by atoms with Gasteiger partial charge in [0.25, 0.3) is 0 Å². The lowest BCUT2D eigenvalue weighted by molar-refractivity contribution is -0.161. The second-order valence-electron chi connectivity index (χ2n) is 6.96. The third-order valence-corrected chi connectivity index (χ3v) is 4.52. The van der Waals surface area contributed by atoms with Crippen molar-refractivity contribution in [2.75, 3.05) is 13.7 Å². The third-order valence-electron chi connectivity index (χ3n) is 4.52. The Balaban J connectivity index is 2.01. The van der Waals surface area contributed by atoms with E-state index in [0.29, 0.717) is 19.6 Å². The van der Waals surface area contributed by atoms with Crippen molar-refractivity contribution >= 4 is 0 Å². The summed E-state index contributed by atoms with van der Waals surface area (Å²) in [5.41, 5.74) is 1.04. The highest BCUT2D eigenvalue weighted by Gasteiger charge is 2.39. The summed E-state index contributed by atoms with van der Waals surface area (Å²) >= 11 is 0. The van der Waals surface area contributed by atoms with Crippen molar-refractivity contribution in [1.82, 2.24) is 0 Å². The van der Waals surface area contributed by atoms with Crippen molar-refractivity contribution in [1.29, 1.82) is 0 Å². The van der Waals surface area contributed by atoms with Crippen LogP contribution in [0.2, 0.25) is 0 Å². The number of rotatable bonds is 9. The molecule has 0 bridgehead atoms. The molecule has 1 N–H and O–H groups in total. The second-order valence-corrected chi connectivity index (χ2v) is 6.96. The summed E-state index contributed by atoms with van der Waals surface area (Å²) in [6.45, 7) is 10.3. The van der Waals surface area contributed by atoms with Gasteiger partial charge in [0.2, 0.25) is 0 Å². The van der Waals surface area contributed by atoms with Gasteiger partial charge in [-0.15, -0.1) is 6.58 Å². The van der Waals surface area contributed by atoms with Gasteiger partial charge in [-0.25, -0.2) is 0 Å². The quantitative estimate of drug-likeness (QED) is 0.693. The first kappa shape index (κ1) is 19.9. The standard InChI is InChI=1S/C20H30O5/c1-6-14(2)17(21)11-18(19-13-24-20(3,4)25-19)23-12-15-7-9-16(22-5)10-8-15/h6-10,14,17-19,21H,1,11-13H2,2-5H3/t14-,17+,18-,19+/m0/s1. The van der Waals surface area contributed by atoms with Gasteiger partial charge in [0.05, 0.1) is 32.5 Å². The van der Waals surface area contributed by atoms with Gasteiger partial charge in [-0.1, -0.05) is 25.1 Å². The molecule has 2 rings (SSSR count). The molecule has 1 saturated heterocycles. The monoisotopic (exact) mass is 350 g/mol. The molecule has 1 aliphatic rings. The molecule has 0 aromatic heterocycles. The van der Waals surface area contributed by atoms with Gasteiger partial charge in [-0.05, 0) is 37.5 Å². The van der Waals surface area contributed by atoms with Crippen LogP contribution in [0.5, 0.6) is 5.75 Å². The van der Waals surface area contributed by atoms with Gasteiger partial charge in [-0.2, -0.15) is 0 Å². The van der Waals surface area contributed by atoms with E-state index >= 15 is 0 Å². The molecule has 1 fully saturated rings. The molecule has 0 radical (unpaired) electrons. The van der Waals surface area contributed by atoms with Crippen LogP contribution in [0.15, 0.2) is 36.9 Å². The third kappa shape index (κ3) is 5.82. The first-order valence-corrected chi connectivity index (χ1v) is 8.71. The van der Waals surface area contributed by atoms with Gasteiger partial charge in [0.15, 0.2) is 5.79 Å². The Kier molecular flexibility index (Phi) is 7.02. The van der Waals surface area contributed by atoms with Crippen LogP contribution in [0.1, 0.15) is 32.8 Å². The minimum atomic E-state index is -0.624. The largest absolute Gasteiger partial charge is 0.497 e. The molecule has 1 heterocycles. The van der Waals surface area contributed by atoms with Gasteiger partial charge in [0.1, 0.15) is 11.9 Å². The maximum atomic E-state index is 10.4. The summed E-state index contributed by atoms with van der Waals surface area (Å²) in [6.07, 6.45) is 1.21. The van der Waals surface area contributed by atoms with Crippen LogP contribution in [-0.4, -0.2) is 42.9 Å². The summed E-state index contributed by atoms with van der Waals surface area (Å²) in [4.78, 5) is 0. The van der Waals surface area contributed by atoms with E-state index < -0.39 is 11.9 Å². The van der Waals surface area contributed by atoms with Crippen molar-refractivity contribution < 1.29 is 24.1 Å². The van der Waals surface area contributed by atoms with Crippen molar-refractivity contribution in [3.8, 4) is 5.75 Å². The summed E-state index contributed by atoms with van der Waals surface area (Å²) < 4.78 is 22.9. The molecule has 0 saturated carbocycles. The van der Waals surface area contributed by atoms with Crippen molar-refractivity contribution in [2.45, 2.75) is 57.9 Å². The Labute approximate surface area is 150 Å². The fourth-order valence-electron chi connectivity index (χ4n) is 2.76. The van der Waals surface area contributed by atoms with E-state index in [1.807, 2.05) is 45.0 Å². The van der Waals surface area contributed by atoms with Crippen LogP contribution in [0.3, 0.4) is 0 Å². The molecular formula is C20H30O5. The molecule has 1 aliphatic heterocycles. The maximum absolute atomic E-state index is 10.4. The number of methoxy groups -OCH3 is 1. The molecule has 0 unspecified atom stereocenters. The average Bonchev–Trinajstić information content (AvgIpc) is 2.97. The zero-order valence-corrected chi connectivity index (χ0v) is 15.6. The molecule has 0 aliphatic carbocycles. The van der Waals surface area contributed by atoms with E-state index in [1.165, 1.54) is 0 Å². The van der Waals surface area contributed by atoms with Crippen LogP contribution in [0.25, 0.3) is 0 Å². The molecular weight excluding hydrogens is 320 g/mol. The van der Waals surface area contributed by atoms with E-state index in [0.717, 1.165) is 11.3 Å². The molecule has 0 amide bonds. The predicted molar refractivity (Wildman–Crippen MR) is 96.5 cm³/mol. The van der Waals surface area contributed by atoms with Crippen molar-refractivity contribution in [3.63, 3.8) is 0 Å². The Hall–Kier alpha value is -1.40.